The lowest BCUT2D eigenvalue weighted by Crippen LogP contribution is -2.27. The first kappa shape index (κ1) is 91.0. The van der Waals surface area contributed by atoms with Crippen LogP contribution in [-0.2, 0) is 45.1 Å². The van der Waals surface area contributed by atoms with Crippen LogP contribution in [0, 0.1) is 44.1 Å². The summed E-state index contributed by atoms with van der Waals surface area (Å²) in [6.07, 6.45) is 17.2. The largest absolute Gasteiger partial charge is 0.618 e. The van der Waals surface area contributed by atoms with Gasteiger partial charge in [0.15, 0.2) is 6.20 Å². The number of rotatable bonds is 3. The van der Waals surface area contributed by atoms with Crippen LogP contribution >= 0.6 is 22.9 Å². The van der Waals surface area contributed by atoms with E-state index >= 15 is 0 Å². The summed E-state index contributed by atoms with van der Waals surface area (Å²) in [5, 5.41) is 21.6. The van der Waals surface area contributed by atoms with Crippen molar-refractivity contribution in [2.75, 3.05) is 0 Å². The summed E-state index contributed by atoms with van der Waals surface area (Å²) in [4.78, 5) is 25.7. The molecule has 4 aliphatic carbocycles. The molecule has 8 heterocycles. The maximum Gasteiger partial charge on any atom is 0.416 e. The molecule has 0 unspecified atom stereocenters. The fraction of sp³-hybridized carbons (Fsp3) is 0.431. The number of nitrogens with zero attached hydrogens (tertiary/aromatic N) is 9. The minimum atomic E-state index is -4.34. The van der Waals surface area contributed by atoms with E-state index in [2.05, 4.69) is 253 Å². The van der Waals surface area contributed by atoms with Crippen LogP contribution in [0.25, 0.3) is 59.4 Å². The summed E-state index contributed by atoms with van der Waals surface area (Å²) in [7, 11) is 0. The van der Waals surface area contributed by atoms with E-state index in [0.717, 1.165) is 66.6 Å². The minimum absolute atomic E-state index is 0.0535. The van der Waals surface area contributed by atoms with Crippen LogP contribution in [0.5, 0.6) is 0 Å². The summed E-state index contributed by atoms with van der Waals surface area (Å²) in [6.45, 7) is 55.9. The first-order valence-electron chi connectivity index (χ1n) is 41.6. The van der Waals surface area contributed by atoms with Crippen LogP contribution in [-0.4, -0.2) is 39.7 Å². The average Bonchev–Trinajstić information content (AvgIpc) is 1.65. The molecule has 0 amide bonds. The molecule has 0 atom stereocenters. The van der Waals surface area contributed by atoms with Gasteiger partial charge in [0.1, 0.15) is 11.3 Å². The zero-order valence-electron chi connectivity index (χ0n) is 74.7. The van der Waals surface area contributed by atoms with Crippen LogP contribution in [0.1, 0.15) is 292 Å². The molecule has 10 nitrogen and oxygen atoms in total. The first-order valence-corrected chi connectivity index (χ1v) is 42.8. The highest BCUT2D eigenvalue weighted by molar-refractivity contribution is 7.18. The molecule has 3 fully saturated rings. The molecule has 0 spiro atoms. The lowest BCUT2D eigenvalue weighted by Gasteiger charge is -2.24. The van der Waals surface area contributed by atoms with E-state index in [-0.39, 0.29) is 38.5 Å². The SMILES string of the molecule is CC(C)(C)c1c(C2CC2)cnn1C1CC1.CC(C)(C)c1c(Cl)cnc2c(F)cccc12.CC(C)(C)c1cc2ncccc2cc1C(F)(F)F.CC(C)(C)c1ccccc1C1CC1.CC1=C(C(C)(C)C)c2cccnc2C1.Cc1ccc2c(ccc[n+]2[O-])c1C(C)(C)C.Cc1nc2cccc(C)c2s1.Cc1ncc2ncccc2c1C(C)(C)C. The van der Waals surface area contributed by atoms with Gasteiger partial charge in [-0.1, -0.05) is 235 Å². The number of aryl methyl sites for hydroxylation is 4. The molecule has 624 valence electrons. The fourth-order valence-corrected chi connectivity index (χ4v) is 17.7. The van der Waals surface area contributed by atoms with Gasteiger partial charge in [0.05, 0.1) is 66.4 Å². The summed E-state index contributed by atoms with van der Waals surface area (Å²) >= 11 is 7.92. The Bertz CT molecular complexity index is 5550. The van der Waals surface area contributed by atoms with Crippen molar-refractivity contribution in [2.45, 2.75) is 282 Å². The van der Waals surface area contributed by atoms with Gasteiger partial charge in [-0.2, -0.15) is 23.0 Å². The number of hydrogen-bond acceptors (Lipinski definition) is 9. The van der Waals surface area contributed by atoms with Gasteiger partial charge in [0.25, 0.3) is 0 Å². The second-order valence-corrected chi connectivity index (χ2v) is 41.0. The molecule has 0 bridgehead atoms. The number of allylic oxidation sites excluding steroid dienone is 2. The van der Waals surface area contributed by atoms with Crippen LogP contribution in [0.15, 0.2) is 182 Å². The van der Waals surface area contributed by atoms with Crippen molar-refractivity contribution in [1.82, 2.24) is 39.7 Å². The van der Waals surface area contributed by atoms with Crippen LogP contribution in [0.2, 0.25) is 5.02 Å². The zero-order valence-corrected chi connectivity index (χ0v) is 76.2. The summed E-state index contributed by atoms with van der Waals surface area (Å²) in [5.74, 6) is 1.39. The minimum Gasteiger partial charge on any atom is -0.618 e. The Labute approximate surface area is 708 Å². The van der Waals surface area contributed by atoms with Gasteiger partial charge in [-0.15, -0.1) is 11.3 Å². The van der Waals surface area contributed by atoms with Crippen LogP contribution in [0.4, 0.5) is 17.6 Å². The topological polar surface area (TPSA) is 122 Å². The summed E-state index contributed by atoms with van der Waals surface area (Å²) in [6, 6.07) is 42.9. The molecule has 0 aliphatic heterocycles. The predicted octanol–water partition coefficient (Wildman–Crippen LogP) is 28.8. The smallest absolute Gasteiger partial charge is 0.416 e. The van der Waals surface area contributed by atoms with Gasteiger partial charge in [0.2, 0.25) is 5.52 Å². The number of halogens is 5. The van der Waals surface area contributed by atoms with Gasteiger partial charge in [-0.25, -0.2) is 9.37 Å². The number of hydrogen-bond donors (Lipinski definition) is 0. The normalized spacial score (nSPS) is 14.4. The number of pyridine rings is 6. The van der Waals surface area contributed by atoms with Gasteiger partial charge in [-0.05, 0) is 227 Å². The van der Waals surface area contributed by atoms with Gasteiger partial charge in [0, 0.05) is 76.3 Å². The third-order valence-electron chi connectivity index (χ3n) is 21.6. The Hall–Kier alpha value is -9.31. The molecule has 0 N–H and O–H groups in total. The Kier molecular flexibility index (Phi) is 27.7. The zero-order chi connectivity index (χ0) is 86.7. The van der Waals surface area contributed by atoms with Crippen LogP contribution in [0.3, 0.4) is 0 Å². The lowest BCUT2D eigenvalue weighted by molar-refractivity contribution is -0.577. The number of thiazole rings is 1. The molecule has 5 aromatic carbocycles. The van der Waals surface area contributed by atoms with Gasteiger partial charge < -0.3 is 5.21 Å². The van der Waals surface area contributed by atoms with E-state index in [4.69, 9.17) is 11.6 Å². The number of para-hydroxylation sites is 1. The third-order valence-corrected chi connectivity index (χ3v) is 23.0. The summed E-state index contributed by atoms with van der Waals surface area (Å²) in [5.41, 5.74) is 22.7. The standard InChI is InChI=1S/C14H14F3N.C14H17NO.C13H13ClFN.C13H20N2.C13H16N2.C13H17N.C13H18.C9H9NS/c1-13(2,3)10-8-12-9(5-4-6-18-12)7-11(10)14(15,16)17;1-10-7-8-12-11(6-5-9-15(12)16)13(10)14(2,3)4;1-13(2,3)11-8-5-4-6-10(15)12(8)16-7-9(11)14;1-13(2,3)12-11(9-4-5-9)8-14-15(12)10-6-7-10;1-9-12(13(2,3)4)10-6-5-7-14-11(10)8-15-9;1-9-8-11-10(6-5-7-14-11)12(9)13(2,3)4;1-13(2,3)12-7-5-4-6-11(12)10-8-9-10;1-6-4-3-5-8-9(6)11-7(2)10-8/h4-8H,1-3H3;5-9H,1-4H3;4-7H,1-3H3;8-10H,4-7H2,1-3H3;5-8H,1-4H3;5-7H,8H2,1-4H3;4-7,10H,8-9H2,1-3H3;3-5H,1-2H3. The second-order valence-electron chi connectivity index (χ2n) is 39.4. The van der Waals surface area contributed by atoms with Gasteiger partial charge in [-0.3, -0.25) is 29.6 Å². The van der Waals surface area contributed by atoms with E-state index in [1.807, 2.05) is 68.0 Å². The van der Waals surface area contributed by atoms with Crippen molar-refractivity contribution >= 4 is 82.3 Å². The quantitative estimate of drug-likeness (QED) is 0.0974. The number of aromatic nitrogens is 9. The Morgan fingerprint density at radius 2 is 1.06 bits per heavy atom. The van der Waals surface area contributed by atoms with Crippen molar-refractivity contribution in [3.63, 3.8) is 0 Å². The van der Waals surface area contributed by atoms with Crippen molar-refractivity contribution in [3.05, 3.63) is 282 Å². The van der Waals surface area contributed by atoms with E-state index < -0.39 is 17.2 Å². The molecule has 4 aliphatic rings. The predicted molar refractivity (Wildman–Crippen MR) is 488 cm³/mol. The number of alkyl halides is 3. The molecule has 17 rings (SSSR count). The fourth-order valence-electron chi connectivity index (χ4n) is 16.4. The van der Waals surface area contributed by atoms with Crippen molar-refractivity contribution in [1.29, 1.82) is 0 Å². The number of fused-ring (bicyclic) bond motifs is 6. The van der Waals surface area contributed by atoms with Gasteiger partial charge >= 0.3 is 6.18 Å². The van der Waals surface area contributed by atoms with Crippen LogP contribution < -0.4 is 4.73 Å². The molecule has 16 heteroatoms. The third kappa shape index (κ3) is 22.6. The monoisotopic (exact) mass is 1630 g/mol. The first-order chi connectivity index (χ1) is 54.9. The van der Waals surface area contributed by atoms with E-state index in [0.29, 0.717) is 32.9 Å². The van der Waals surface area contributed by atoms with E-state index in [9.17, 15) is 22.8 Å². The molecule has 0 saturated heterocycles. The highest BCUT2D eigenvalue weighted by atomic mass is 35.5. The van der Waals surface area contributed by atoms with Crippen molar-refractivity contribution < 1.29 is 22.3 Å². The summed E-state index contributed by atoms with van der Waals surface area (Å²) < 4.78 is 57.4. The molecule has 13 aromatic rings. The second kappa shape index (κ2) is 35.9. The molecular formula is C102H124ClF4N9OS. The average molecular weight is 1640 g/mol. The van der Waals surface area contributed by atoms with E-state index in [1.165, 1.54) is 134 Å². The number of benzene rings is 5. The van der Waals surface area contributed by atoms with Crippen molar-refractivity contribution in [2.24, 2.45) is 5.41 Å². The Morgan fingerprint density at radius 3 is 1.65 bits per heavy atom. The molecular weight excluding hydrogens is 1510 g/mol. The molecule has 8 aromatic heterocycles. The lowest BCUT2D eigenvalue weighted by atomic mass is 9.81. The van der Waals surface area contributed by atoms with Crippen molar-refractivity contribution in [3.8, 4) is 0 Å². The molecule has 118 heavy (non-hydrogen) atoms. The maximum absolute atomic E-state index is 13.6. The highest BCUT2D eigenvalue weighted by Crippen LogP contribution is 2.49. The van der Waals surface area contributed by atoms with E-state index in [1.54, 1.807) is 68.3 Å². The highest BCUT2D eigenvalue weighted by Gasteiger charge is 2.39. The Morgan fingerprint density at radius 1 is 0.475 bits per heavy atom. The molecule has 3 saturated carbocycles. The molecule has 0 radical (unpaired) electrons. The maximum atomic E-state index is 13.6. The Balaban J connectivity index is 0.000000142.